The molecule has 0 aliphatic heterocycles. The van der Waals surface area contributed by atoms with Gasteiger partial charge in [0.1, 0.15) is 34.6 Å². The molecule has 0 saturated carbocycles. The van der Waals surface area contributed by atoms with Crippen LogP contribution in [0.5, 0.6) is 0 Å². The molecule has 6 nitrogen and oxygen atoms in total. The molecule has 10 heteroatoms. The Bertz CT molecular complexity index is 1410. The first kappa shape index (κ1) is 19.9. The number of aromatic amines is 1. The molecule has 32 heavy (non-hydrogen) atoms. The Morgan fingerprint density at radius 2 is 1.81 bits per heavy atom. The molecule has 3 heterocycles. The number of fused-ring (bicyclic) bond motifs is 1. The van der Waals surface area contributed by atoms with Crippen LogP contribution in [0.2, 0.25) is 0 Å². The molecule has 1 N–H and O–H groups in total. The van der Waals surface area contributed by atoms with Crippen LogP contribution in [0.4, 0.5) is 17.6 Å². The van der Waals surface area contributed by atoms with Crippen molar-refractivity contribution in [1.29, 1.82) is 0 Å². The third kappa shape index (κ3) is 3.82. The van der Waals surface area contributed by atoms with Crippen molar-refractivity contribution in [3.8, 4) is 22.6 Å². The van der Waals surface area contributed by atoms with Crippen LogP contribution in [0.25, 0.3) is 33.7 Å². The fraction of sp³-hybridized carbons (Fsp3) is 0.0909. The largest absolute Gasteiger partial charge is 0.416 e. The molecule has 3 aromatic heterocycles. The molecular formula is C22H14F4N5O+. The van der Waals surface area contributed by atoms with Gasteiger partial charge in [-0.1, -0.05) is 34.1 Å². The minimum Gasteiger partial charge on any atom is -0.354 e. The highest BCUT2D eigenvalue weighted by molar-refractivity contribution is 5.77. The highest BCUT2D eigenvalue weighted by atomic mass is 19.4. The second-order valence-electron chi connectivity index (χ2n) is 7.09. The minimum atomic E-state index is -4.40. The van der Waals surface area contributed by atoms with Crippen LogP contribution in [0.3, 0.4) is 0 Å². The zero-order chi connectivity index (χ0) is 22.3. The number of nitrogens with one attached hydrogen (secondary N) is 1. The molecule has 0 spiro atoms. The lowest BCUT2D eigenvalue weighted by atomic mass is 10.1. The van der Waals surface area contributed by atoms with E-state index >= 15 is 0 Å². The zero-order valence-corrected chi connectivity index (χ0v) is 16.3. The van der Waals surface area contributed by atoms with Gasteiger partial charge in [0.2, 0.25) is 18.5 Å². The van der Waals surface area contributed by atoms with Gasteiger partial charge in [0.15, 0.2) is 0 Å². The lowest BCUT2D eigenvalue weighted by molar-refractivity contribution is -0.746. The van der Waals surface area contributed by atoms with Gasteiger partial charge in [-0.05, 0) is 29.4 Å². The quantitative estimate of drug-likeness (QED) is 0.323. The number of rotatable bonds is 4. The van der Waals surface area contributed by atoms with Crippen LogP contribution in [0, 0.1) is 5.82 Å². The topological polar surface area (TPSA) is 71.5 Å². The van der Waals surface area contributed by atoms with Gasteiger partial charge in [-0.15, -0.1) is 0 Å². The maximum Gasteiger partial charge on any atom is 0.416 e. The number of benzene rings is 2. The lowest BCUT2D eigenvalue weighted by Crippen LogP contribution is -2.37. The molecule has 0 bridgehead atoms. The molecule has 5 rings (SSSR count). The molecule has 0 amide bonds. The Morgan fingerprint density at radius 1 is 1.03 bits per heavy atom. The van der Waals surface area contributed by atoms with Crippen molar-refractivity contribution in [2.45, 2.75) is 12.7 Å². The van der Waals surface area contributed by atoms with E-state index in [2.05, 4.69) is 20.2 Å². The Hall–Kier alpha value is -4.08. The van der Waals surface area contributed by atoms with Gasteiger partial charge in [-0.25, -0.2) is 9.37 Å². The first-order valence-electron chi connectivity index (χ1n) is 9.50. The summed E-state index contributed by atoms with van der Waals surface area (Å²) in [5.74, 6) is 0.470. The number of imidazole rings is 1. The summed E-state index contributed by atoms with van der Waals surface area (Å²) >= 11 is 0. The monoisotopic (exact) mass is 440 g/mol. The SMILES string of the molecule is Fc1ccccc1-c1nc2cn[n+](Cc3cc(-c4ccc(C(F)(F)F)cc4)no3)cc2[nH]1. The van der Waals surface area contributed by atoms with Crippen LogP contribution in [0.15, 0.2) is 71.5 Å². The maximum absolute atomic E-state index is 14.0. The van der Waals surface area contributed by atoms with E-state index in [4.69, 9.17) is 4.52 Å². The van der Waals surface area contributed by atoms with Crippen LogP contribution < -0.4 is 4.68 Å². The number of hydrogen-bond acceptors (Lipinski definition) is 4. The van der Waals surface area contributed by atoms with E-state index in [-0.39, 0.29) is 12.4 Å². The number of H-pyrrole nitrogens is 1. The number of aromatic nitrogens is 5. The molecule has 5 aromatic rings. The van der Waals surface area contributed by atoms with Crippen LogP contribution in [0.1, 0.15) is 11.3 Å². The molecule has 0 unspecified atom stereocenters. The summed E-state index contributed by atoms with van der Waals surface area (Å²) in [7, 11) is 0. The summed E-state index contributed by atoms with van der Waals surface area (Å²) in [5.41, 5.74) is 1.77. The van der Waals surface area contributed by atoms with Gasteiger partial charge in [-0.2, -0.15) is 13.2 Å². The number of hydrogen-bond donors (Lipinski definition) is 1. The summed E-state index contributed by atoms with van der Waals surface area (Å²) in [6.07, 6.45) is -1.15. The molecule has 0 fully saturated rings. The predicted molar refractivity (Wildman–Crippen MR) is 106 cm³/mol. The summed E-state index contributed by atoms with van der Waals surface area (Å²) < 4.78 is 59.1. The third-order valence-electron chi connectivity index (χ3n) is 4.88. The molecular weight excluding hydrogens is 426 g/mol. The fourth-order valence-corrected chi connectivity index (χ4v) is 3.29. The average Bonchev–Trinajstić information content (AvgIpc) is 3.40. The Labute approximate surface area is 178 Å². The van der Waals surface area contributed by atoms with Gasteiger partial charge in [-0.3, -0.25) is 0 Å². The number of halogens is 4. The lowest BCUT2D eigenvalue weighted by Gasteiger charge is -2.06. The second-order valence-corrected chi connectivity index (χ2v) is 7.09. The number of alkyl halides is 3. The zero-order valence-electron chi connectivity index (χ0n) is 16.3. The van der Waals surface area contributed by atoms with Crippen molar-refractivity contribution in [3.05, 3.63) is 84.1 Å². The van der Waals surface area contributed by atoms with Gasteiger partial charge in [0.25, 0.3) is 0 Å². The molecule has 0 radical (unpaired) electrons. The van der Waals surface area contributed by atoms with E-state index in [1.165, 1.54) is 18.2 Å². The second kappa shape index (κ2) is 7.56. The molecule has 2 aromatic carbocycles. The summed E-state index contributed by atoms with van der Waals surface area (Å²) in [4.78, 5) is 7.45. The molecule has 0 aliphatic carbocycles. The minimum absolute atomic E-state index is 0.234. The Balaban J connectivity index is 1.37. The van der Waals surface area contributed by atoms with Crippen molar-refractivity contribution in [3.63, 3.8) is 0 Å². The van der Waals surface area contributed by atoms with Gasteiger partial charge in [0, 0.05) is 11.6 Å². The molecule has 160 valence electrons. The van der Waals surface area contributed by atoms with Crippen molar-refractivity contribution < 1.29 is 26.8 Å². The summed E-state index contributed by atoms with van der Waals surface area (Å²) in [6, 6.07) is 12.6. The maximum atomic E-state index is 14.0. The van der Waals surface area contributed by atoms with Crippen molar-refractivity contribution in [2.75, 3.05) is 0 Å². The molecule has 0 saturated heterocycles. The van der Waals surface area contributed by atoms with Crippen LogP contribution >= 0.6 is 0 Å². The van der Waals surface area contributed by atoms with Crippen LogP contribution in [-0.4, -0.2) is 20.2 Å². The highest BCUT2D eigenvalue weighted by Gasteiger charge is 2.30. The van der Waals surface area contributed by atoms with Gasteiger partial charge in [0.05, 0.1) is 11.1 Å². The average molecular weight is 440 g/mol. The van der Waals surface area contributed by atoms with E-state index in [9.17, 15) is 17.6 Å². The molecule has 0 aliphatic rings. The Kier molecular flexibility index (Phi) is 4.69. The van der Waals surface area contributed by atoms with Gasteiger partial charge >= 0.3 is 6.18 Å². The van der Waals surface area contributed by atoms with Crippen molar-refractivity contribution in [1.82, 2.24) is 20.2 Å². The van der Waals surface area contributed by atoms with E-state index in [1.807, 2.05) is 0 Å². The highest BCUT2D eigenvalue weighted by Crippen LogP contribution is 2.31. The Morgan fingerprint density at radius 3 is 2.56 bits per heavy atom. The van der Waals surface area contributed by atoms with E-state index in [1.54, 1.807) is 41.3 Å². The fourth-order valence-electron chi connectivity index (χ4n) is 3.29. The van der Waals surface area contributed by atoms with Crippen molar-refractivity contribution >= 4 is 11.0 Å². The first-order valence-corrected chi connectivity index (χ1v) is 9.50. The standard InChI is InChI=1S/C22H13F4N5O/c23-17-4-2-1-3-16(17)21-28-19-10-27-31(12-20(19)29-21)11-15-9-18(30-32-15)13-5-7-14(8-6-13)22(24,25)26/h1-10,12H,11H2/p+1. The summed E-state index contributed by atoms with van der Waals surface area (Å²) in [5, 5.41) is 8.21. The third-order valence-corrected chi connectivity index (χ3v) is 4.88. The smallest absolute Gasteiger partial charge is 0.354 e. The first-order chi connectivity index (χ1) is 15.4. The van der Waals surface area contributed by atoms with Crippen molar-refractivity contribution in [2.24, 2.45) is 0 Å². The van der Waals surface area contributed by atoms with Crippen LogP contribution in [-0.2, 0) is 12.7 Å². The molecule has 0 atom stereocenters. The van der Waals surface area contributed by atoms with E-state index < -0.39 is 11.7 Å². The van der Waals surface area contributed by atoms with Gasteiger partial charge < -0.3 is 9.51 Å². The number of nitrogens with zero attached hydrogens (tertiary/aromatic N) is 4. The predicted octanol–water partition coefficient (Wildman–Crippen LogP) is 4.77. The summed E-state index contributed by atoms with van der Waals surface area (Å²) in [6.45, 7) is 0.234. The normalized spacial score (nSPS) is 11.9. The van der Waals surface area contributed by atoms with E-state index in [0.29, 0.717) is 39.4 Å². The van der Waals surface area contributed by atoms with E-state index in [0.717, 1.165) is 12.1 Å².